The summed E-state index contributed by atoms with van der Waals surface area (Å²) in [5.41, 5.74) is 1.55. The van der Waals surface area contributed by atoms with Crippen molar-refractivity contribution in [2.24, 2.45) is 0 Å². The summed E-state index contributed by atoms with van der Waals surface area (Å²) >= 11 is 0. The van der Waals surface area contributed by atoms with E-state index in [1.165, 1.54) is 6.07 Å². The van der Waals surface area contributed by atoms with Crippen molar-refractivity contribution < 1.29 is 13.9 Å². The number of anilines is 1. The first-order valence-electron chi connectivity index (χ1n) is 8.07. The fourth-order valence-corrected chi connectivity index (χ4v) is 2.97. The van der Waals surface area contributed by atoms with E-state index in [9.17, 15) is 9.18 Å². The van der Waals surface area contributed by atoms with Gasteiger partial charge in [-0.25, -0.2) is 4.39 Å². The van der Waals surface area contributed by atoms with Gasteiger partial charge >= 0.3 is 0 Å². The SMILES string of the molecule is COc1cccc(CC(=O)N2CCN(c3ccccc3F)CC2)c1. The minimum Gasteiger partial charge on any atom is -0.497 e. The summed E-state index contributed by atoms with van der Waals surface area (Å²) in [7, 11) is 1.61. The number of hydrogen-bond acceptors (Lipinski definition) is 3. The van der Waals surface area contributed by atoms with E-state index in [0.29, 0.717) is 38.3 Å². The van der Waals surface area contributed by atoms with E-state index in [0.717, 1.165) is 11.3 Å². The zero-order chi connectivity index (χ0) is 16.9. The lowest BCUT2D eigenvalue weighted by molar-refractivity contribution is -0.130. The molecule has 3 rings (SSSR count). The van der Waals surface area contributed by atoms with Gasteiger partial charge in [0.25, 0.3) is 0 Å². The number of rotatable bonds is 4. The van der Waals surface area contributed by atoms with Crippen LogP contribution in [0.3, 0.4) is 0 Å². The summed E-state index contributed by atoms with van der Waals surface area (Å²) in [6.45, 7) is 2.50. The van der Waals surface area contributed by atoms with Crippen LogP contribution in [0.15, 0.2) is 48.5 Å². The molecule has 0 radical (unpaired) electrons. The van der Waals surface area contributed by atoms with Gasteiger partial charge in [-0.1, -0.05) is 24.3 Å². The second-order valence-electron chi connectivity index (χ2n) is 5.85. The van der Waals surface area contributed by atoms with Crippen molar-refractivity contribution >= 4 is 11.6 Å². The maximum atomic E-state index is 13.9. The molecule has 1 saturated heterocycles. The molecule has 24 heavy (non-hydrogen) atoms. The van der Waals surface area contributed by atoms with Crippen LogP contribution in [0, 0.1) is 5.82 Å². The molecule has 0 spiro atoms. The maximum absolute atomic E-state index is 13.9. The van der Waals surface area contributed by atoms with E-state index < -0.39 is 0 Å². The molecule has 2 aromatic carbocycles. The molecule has 0 N–H and O–H groups in total. The summed E-state index contributed by atoms with van der Waals surface area (Å²) in [5, 5.41) is 0. The topological polar surface area (TPSA) is 32.8 Å². The van der Waals surface area contributed by atoms with Gasteiger partial charge in [-0.2, -0.15) is 0 Å². The van der Waals surface area contributed by atoms with Crippen LogP contribution in [-0.2, 0) is 11.2 Å². The van der Waals surface area contributed by atoms with Gasteiger partial charge in [-0.05, 0) is 29.8 Å². The second kappa shape index (κ2) is 7.34. The highest BCUT2D eigenvalue weighted by Gasteiger charge is 2.22. The van der Waals surface area contributed by atoms with Crippen molar-refractivity contribution in [2.45, 2.75) is 6.42 Å². The molecule has 5 heteroatoms. The van der Waals surface area contributed by atoms with Crippen LogP contribution in [-0.4, -0.2) is 44.1 Å². The molecule has 4 nitrogen and oxygen atoms in total. The number of benzene rings is 2. The highest BCUT2D eigenvalue weighted by molar-refractivity contribution is 5.79. The molecule has 1 heterocycles. The number of halogens is 1. The summed E-state index contributed by atoms with van der Waals surface area (Å²) in [4.78, 5) is 16.3. The van der Waals surface area contributed by atoms with Gasteiger partial charge in [0.15, 0.2) is 0 Å². The Bertz CT molecular complexity index is 712. The van der Waals surface area contributed by atoms with Gasteiger partial charge < -0.3 is 14.5 Å². The van der Waals surface area contributed by atoms with Crippen LogP contribution in [0.5, 0.6) is 5.75 Å². The van der Waals surface area contributed by atoms with Gasteiger partial charge in [-0.15, -0.1) is 0 Å². The lowest BCUT2D eigenvalue weighted by Crippen LogP contribution is -2.49. The molecular formula is C19H21FN2O2. The first-order chi connectivity index (χ1) is 11.7. The molecular weight excluding hydrogens is 307 g/mol. The summed E-state index contributed by atoms with van der Waals surface area (Å²) in [6, 6.07) is 14.3. The van der Waals surface area contributed by atoms with Crippen LogP contribution in [0.1, 0.15) is 5.56 Å². The van der Waals surface area contributed by atoms with Crippen LogP contribution in [0.2, 0.25) is 0 Å². The Hall–Kier alpha value is -2.56. The number of ether oxygens (including phenoxy) is 1. The molecule has 1 amide bonds. The second-order valence-corrected chi connectivity index (χ2v) is 5.85. The predicted octanol–water partition coefficient (Wildman–Crippen LogP) is 2.73. The first kappa shape index (κ1) is 16.3. The van der Waals surface area contributed by atoms with Gasteiger partial charge in [0.2, 0.25) is 5.91 Å². The highest BCUT2D eigenvalue weighted by Crippen LogP contribution is 2.20. The van der Waals surface area contributed by atoms with Crippen molar-refractivity contribution in [3.8, 4) is 5.75 Å². The average molecular weight is 328 g/mol. The zero-order valence-electron chi connectivity index (χ0n) is 13.7. The van der Waals surface area contributed by atoms with Crippen LogP contribution in [0.25, 0.3) is 0 Å². The monoisotopic (exact) mass is 328 g/mol. The minimum atomic E-state index is -0.214. The predicted molar refractivity (Wildman–Crippen MR) is 91.9 cm³/mol. The quantitative estimate of drug-likeness (QED) is 0.865. The number of piperazine rings is 1. The molecule has 126 valence electrons. The third-order valence-corrected chi connectivity index (χ3v) is 4.32. The fourth-order valence-electron chi connectivity index (χ4n) is 2.97. The molecule has 1 aliphatic heterocycles. The third kappa shape index (κ3) is 3.67. The van der Waals surface area contributed by atoms with E-state index in [4.69, 9.17) is 4.74 Å². The normalized spacial score (nSPS) is 14.6. The maximum Gasteiger partial charge on any atom is 0.227 e. The van der Waals surface area contributed by atoms with Crippen molar-refractivity contribution in [1.82, 2.24) is 4.90 Å². The molecule has 0 aliphatic carbocycles. The molecule has 1 fully saturated rings. The van der Waals surface area contributed by atoms with Gasteiger partial charge in [0, 0.05) is 26.2 Å². The van der Waals surface area contributed by atoms with Crippen molar-refractivity contribution in [1.29, 1.82) is 0 Å². The molecule has 0 bridgehead atoms. The van der Waals surface area contributed by atoms with Crippen molar-refractivity contribution in [3.05, 3.63) is 59.9 Å². The number of para-hydroxylation sites is 1. The molecule has 1 aliphatic rings. The molecule has 0 aromatic heterocycles. The number of nitrogens with zero attached hydrogens (tertiary/aromatic N) is 2. The van der Waals surface area contributed by atoms with Gasteiger partial charge in [0.05, 0.1) is 19.2 Å². The van der Waals surface area contributed by atoms with Crippen molar-refractivity contribution in [2.75, 3.05) is 38.2 Å². The molecule has 0 atom stereocenters. The Kier molecular flexibility index (Phi) is 4.99. The number of carbonyl (C=O) groups is 1. The van der Waals surface area contributed by atoms with Crippen LogP contribution < -0.4 is 9.64 Å². The first-order valence-corrected chi connectivity index (χ1v) is 8.07. The van der Waals surface area contributed by atoms with E-state index in [1.807, 2.05) is 40.1 Å². The Morgan fingerprint density at radius 2 is 1.83 bits per heavy atom. The van der Waals surface area contributed by atoms with Crippen LogP contribution in [0.4, 0.5) is 10.1 Å². The molecule has 0 unspecified atom stereocenters. The lowest BCUT2D eigenvalue weighted by Gasteiger charge is -2.36. The van der Waals surface area contributed by atoms with E-state index in [-0.39, 0.29) is 11.7 Å². The van der Waals surface area contributed by atoms with E-state index >= 15 is 0 Å². The van der Waals surface area contributed by atoms with Crippen molar-refractivity contribution in [3.63, 3.8) is 0 Å². The Labute approximate surface area is 141 Å². The van der Waals surface area contributed by atoms with Gasteiger partial charge in [-0.3, -0.25) is 4.79 Å². The van der Waals surface area contributed by atoms with E-state index in [1.54, 1.807) is 19.2 Å². The smallest absolute Gasteiger partial charge is 0.227 e. The Morgan fingerprint density at radius 1 is 1.08 bits per heavy atom. The summed E-state index contributed by atoms with van der Waals surface area (Å²) in [6.07, 6.45) is 0.358. The number of carbonyl (C=O) groups excluding carboxylic acids is 1. The van der Waals surface area contributed by atoms with E-state index in [2.05, 4.69) is 0 Å². The lowest BCUT2D eigenvalue weighted by atomic mass is 10.1. The summed E-state index contributed by atoms with van der Waals surface area (Å²) < 4.78 is 19.0. The Morgan fingerprint density at radius 3 is 2.54 bits per heavy atom. The fraction of sp³-hybridized carbons (Fsp3) is 0.316. The standard InChI is InChI=1S/C19H21FN2O2/c1-24-16-6-4-5-15(13-16)14-19(23)22-11-9-21(10-12-22)18-8-3-2-7-17(18)20/h2-8,13H,9-12,14H2,1H3. The summed E-state index contributed by atoms with van der Waals surface area (Å²) in [5.74, 6) is 0.634. The highest BCUT2D eigenvalue weighted by atomic mass is 19.1. The minimum absolute atomic E-state index is 0.0939. The number of amides is 1. The zero-order valence-corrected chi connectivity index (χ0v) is 13.7. The number of hydrogen-bond donors (Lipinski definition) is 0. The van der Waals surface area contributed by atoms with Crippen LogP contribution >= 0.6 is 0 Å². The van der Waals surface area contributed by atoms with Gasteiger partial charge in [0.1, 0.15) is 11.6 Å². The largest absolute Gasteiger partial charge is 0.497 e. The molecule has 2 aromatic rings. The molecule has 0 saturated carbocycles. The third-order valence-electron chi connectivity index (χ3n) is 4.32. The Balaban J connectivity index is 1.58. The number of methoxy groups -OCH3 is 1. The average Bonchev–Trinajstić information content (AvgIpc) is 2.62.